The maximum atomic E-state index is 12.2. The standard InChI is InChI=1S/C12H15ClN2O2/c13-11-9(4-1-5-10(11)14)12(17)15-6-2-3-8(16)7-15/h1,4-5,8,16H,2-3,6-7,14H2/t8-/m0/s1. The van der Waals surface area contributed by atoms with Crippen molar-refractivity contribution >= 4 is 23.2 Å². The van der Waals surface area contributed by atoms with Gasteiger partial charge in [0.05, 0.1) is 22.4 Å². The molecule has 0 aliphatic carbocycles. The summed E-state index contributed by atoms with van der Waals surface area (Å²) in [4.78, 5) is 13.8. The first kappa shape index (κ1) is 12.2. The zero-order chi connectivity index (χ0) is 12.4. The molecule has 0 saturated carbocycles. The molecule has 1 fully saturated rings. The van der Waals surface area contributed by atoms with Gasteiger partial charge in [0.25, 0.3) is 5.91 Å². The summed E-state index contributed by atoms with van der Waals surface area (Å²) in [6.45, 7) is 1.02. The number of aliphatic hydroxyl groups excluding tert-OH is 1. The number of amides is 1. The SMILES string of the molecule is Nc1cccc(C(=O)N2CCC[C@H](O)C2)c1Cl. The number of hydrogen-bond acceptors (Lipinski definition) is 3. The van der Waals surface area contributed by atoms with Gasteiger partial charge in [0.1, 0.15) is 0 Å². The Morgan fingerprint density at radius 1 is 1.53 bits per heavy atom. The summed E-state index contributed by atoms with van der Waals surface area (Å²) in [5.41, 5.74) is 6.46. The Bertz CT molecular complexity index is 437. The van der Waals surface area contributed by atoms with Crippen molar-refractivity contribution in [3.63, 3.8) is 0 Å². The Kier molecular flexibility index (Phi) is 3.54. The van der Waals surface area contributed by atoms with Crippen LogP contribution >= 0.6 is 11.6 Å². The smallest absolute Gasteiger partial charge is 0.255 e. The minimum absolute atomic E-state index is 0.166. The van der Waals surface area contributed by atoms with E-state index in [0.717, 1.165) is 12.8 Å². The summed E-state index contributed by atoms with van der Waals surface area (Å²) in [5.74, 6) is -0.166. The first-order chi connectivity index (χ1) is 8.09. The average Bonchev–Trinajstić information content (AvgIpc) is 2.32. The number of piperidine rings is 1. The van der Waals surface area contributed by atoms with E-state index in [2.05, 4.69) is 0 Å². The lowest BCUT2D eigenvalue weighted by atomic mass is 10.1. The van der Waals surface area contributed by atoms with Crippen LogP contribution in [0.25, 0.3) is 0 Å². The van der Waals surface area contributed by atoms with E-state index in [9.17, 15) is 9.90 Å². The molecule has 0 aromatic heterocycles. The van der Waals surface area contributed by atoms with Crippen molar-refractivity contribution in [3.8, 4) is 0 Å². The number of aliphatic hydroxyl groups is 1. The summed E-state index contributed by atoms with van der Waals surface area (Å²) in [6.07, 6.45) is 1.12. The van der Waals surface area contributed by atoms with Gasteiger partial charge in [-0.25, -0.2) is 0 Å². The monoisotopic (exact) mass is 254 g/mol. The van der Waals surface area contributed by atoms with Gasteiger partial charge < -0.3 is 15.7 Å². The molecule has 1 aromatic carbocycles. The molecule has 1 saturated heterocycles. The van der Waals surface area contributed by atoms with Crippen LogP contribution in [-0.4, -0.2) is 35.1 Å². The molecule has 92 valence electrons. The molecule has 0 spiro atoms. The van der Waals surface area contributed by atoms with E-state index in [0.29, 0.717) is 24.3 Å². The highest BCUT2D eigenvalue weighted by molar-refractivity contribution is 6.36. The van der Waals surface area contributed by atoms with Gasteiger partial charge >= 0.3 is 0 Å². The summed E-state index contributed by atoms with van der Waals surface area (Å²) in [5, 5.41) is 9.84. The van der Waals surface area contributed by atoms with E-state index in [1.807, 2.05) is 0 Å². The first-order valence-corrected chi connectivity index (χ1v) is 5.98. The normalized spacial score (nSPS) is 20.4. The fourth-order valence-electron chi connectivity index (χ4n) is 2.02. The molecule has 17 heavy (non-hydrogen) atoms. The minimum atomic E-state index is -0.437. The number of anilines is 1. The third kappa shape index (κ3) is 2.53. The molecule has 0 bridgehead atoms. The van der Waals surface area contributed by atoms with Crippen LogP contribution in [0.3, 0.4) is 0 Å². The van der Waals surface area contributed by atoms with Crippen LogP contribution in [0.15, 0.2) is 18.2 Å². The third-order valence-corrected chi connectivity index (χ3v) is 3.36. The lowest BCUT2D eigenvalue weighted by molar-refractivity contribution is 0.0474. The average molecular weight is 255 g/mol. The predicted molar refractivity (Wildman–Crippen MR) is 67.0 cm³/mol. The van der Waals surface area contributed by atoms with Gasteiger partial charge in [-0.3, -0.25) is 4.79 Å². The molecule has 1 aliphatic heterocycles. The Balaban J connectivity index is 2.22. The van der Waals surface area contributed by atoms with Crippen molar-refractivity contribution < 1.29 is 9.90 Å². The van der Waals surface area contributed by atoms with E-state index >= 15 is 0 Å². The zero-order valence-corrected chi connectivity index (χ0v) is 10.2. The molecule has 1 amide bonds. The number of halogens is 1. The number of hydrogen-bond donors (Lipinski definition) is 2. The fourth-order valence-corrected chi connectivity index (χ4v) is 2.23. The summed E-state index contributed by atoms with van der Waals surface area (Å²) in [7, 11) is 0. The van der Waals surface area contributed by atoms with E-state index in [1.165, 1.54) is 0 Å². The van der Waals surface area contributed by atoms with E-state index in [-0.39, 0.29) is 10.9 Å². The van der Waals surface area contributed by atoms with Gasteiger partial charge in [-0.05, 0) is 25.0 Å². The topological polar surface area (TPSA) is 66.6 Å². The summed E-state index contributed by atoms with van der Waals surface area (Å²) < 4.78 is 0. The zero-order valence-electron chi connectivity index (χ0n) is 9.40. The van der Waals surface area contributed by atoms with Crippen molar-refractivity contribution in [3.05, 3.63) is 28.8 Å². The second kappa shape index (κ2) is 4.94. The predicted octanol–water partition coefficient (Wildman–Crippen LogP) is 1.52. The van der Waals surface area contributed by atoms with Crippen molar-refractivity contribution in [1.82, 2.24) is 4.90 Å². The Labute approximate surface area is 105 Å². The second-order valence-corrected chi connectivity index (χ2v) is 4.63. The molecule has 1 aliphatic rings. The van der Waals surface area contributed by atoms with Crippen LogP contribution in [0.5, 0.6) is 0 Å². The van der Waals surface area contributed by atoms with E-state index in [4.69, 9.17) is 17.3 Å². The number of likely N-dealkylation sites (tertiary alicyclic amines) is 1. The number of β-amino-alcohol motifs (C(OH)–C–C–N with tert-alkyl or cyclic N) is 1. The van der Waals surface area contributed by atoms with E-state index < -0.39 is 6.10 Å². The van der Waals surface area contributed by atoms with Crippen LogP contribution in [-0.2, 0) is 0 Å². The molecule has 1 aromatic rings. The number of nitrogen functional groups attached to an aromatic ring is 1. The van der Waals surface area contributed by atoms with Gasteiger partial charge in [0.2, 0.25) is 0 Å². The maximum absolute atomic E-state index is 12.2. The maximum Gasteiger partial charge on any atom is 0.255 e. The van der Waals surface area contributed by atoms with Gasteiger partial charge in [-0.1, -0.05) is 17.7 Å². The van der Waals surface area contributed by atoms with Crippen molar-refractivity contribution in [2.75, 3.05) is 18.8 Å². The van der Waals surface area contributed by atoms with Crippen molar-refractivity contribution in [2.45, 2.75) is 18.9 Å². The minimum Gasteiger partial charge on any atom is -0.398 e. The number of carbonyl (C=O) groups is 1. The molecule has 4 nitrogen and oxygen atoms in total. The Morgan fingerprint density at radius 3 is 3.00 bits per heavy atom. The lowest BCUT2D eigenvalue weighted by Crippen LogP contribution is -2.42. The van der Waals surface area contributed by atoms with Crippen molar-refractivity contribution in [1.29, 1.82) is 0 Å². The van der Waals surface area contributed by atoms with Gasteiger partial charge in [0.15, 0.2) is 0 Å². The second-order valence-electron chi connectivity index (χ2n) is 4.26. The van der Waals surface area contributed by atoms with Crippen LogP contribution in [0.4, 0.5) is 5.69 Å². The quantitative estimate of drug-likeness (QED) is 0.747. The summed E-state index contributed by atoms with van der Waals surface area (Å²) in [6, 6.07) is 5.01. The fraction of sp³-hybridized carbons (Fsp3) is 0.417. The van der Waals surface area contributed by atoms with Crippen LogP contribution < -0.4 is 5.73 Å². The molecular weight excluding hydrogens is 240 g/mol. The largest absolute Gasteiger partial charge is 0.398 e. The highest BCUT2D eigenvalue weighted by Crippen LogP contribution is 2.25. The molecule has 2 rings (SSSR count). The molecule has 5 heteroatoms. The van der Waals surface area contributed by atoms with Crippen molar-refractivity contribution in [2.24, 2.45) is 0 Å². The Hall–Kier alpha value is -1.26. The molecule has 1 heterocycles. The number of nitrogens with two attached hydrogens (primary N) is 1. The third-order valence-electron chi connectivity index (χ3n) is 2.94. The van der Waals surface area contributed by atoms with Crippen LogP contribution in [0.1, 0.15) is 23.2 Å². The highest BCUT2D eigenvalue weighted by Gasteiger charge is 2.24. The van der Waals surface area contributed by atoms with Gasteiger partial charge in [0, 0.05) is 13.1 Å². The lowest BCUT2D eigenvalue weighted by Gasteiger charge is -2.30. The summed E-state index contributed by atoms with van der Waals surface area (Å²) >= 11 is 6.01. The van der Waals surface area contributed by atoms with Crippen LogP contribution in [0.2, 0.25) is 5.02 Å². The molecule has 0 radical (unpaired) electrons. The molecule has 1 atom stereocenters. The number of benzene rings is 1. The number of carbonyl (C=O) groups excluding carboxylic acids is 1. The molecule has 3 N–H and O–H groups in total. The first-order valence-electron chi connectivity index (χ1n) is 5.61. The molecular formula is C12H15ClN2O2. The highest BCUT2D eigenvalue weighted by atomic mass is 35.5. The molecule has 0 unspecified atom stereocenters. The van der Waals surface area contributed by atoms with Gasteiger partial charge in [-0.15, -0.1) is 0 Å². The number of nitrogens with zero attached hydrogens (tertiary/aromatic N) is 1. The number of rotatable bonds is 1. The van der Waals surface area contributed by atoms with E-state index in [1.54, 1.807) is 23.1 Å². The van der Waals surface area contributed by atoms with Gasteiger partial charge in [-0.2, -0.15) is 0 Å². The van der Waals surface area contributed by atoms with Crippen LogP contribution in [0, 0.1) is 0 Å². The Morgan fingerprint density at radius 2 is 2.29 bits per heavy atom.